The van der Waals surface area contributed by atoms with Gasteiger partial charge in [-0.1, -0.05) is 30.3 Å². The zero-order valence-corrected chi connectivity index (χ0v) is 15.4. The molecule has 4 rings (SSSR count). The van der Waals surface area contributed by atoms with Crippen molar-refractivity contribution in [2.75, 3.05) is 38.7 Å². The van der Waals surface area contributed by atoms with Crippen LogP contribution in [0, 0.1) is 10.1 Å². The molecule has 0 spiro atoms. The summed E-state index contributed by atoms with van der Waals surface area (Å²) in [4.78, 5) is 21.5. The summed E-state index contributed by atoms with van der Waals surface area (Å²) in [5, 5.41) is 15.7. The molecule has 1 fully saturated rings. The van der Waals surface area contributed by atoms with E-state index >= 15 is 0 Å². The van der Waals surface area contributed by atoms with Gasteiger partial charge in [0.2, 0.25) is 5.82 Å². The van der Waals surface area contributed by atoms with Crippen LogP contribution in [0.3, 0.4) is 0 Å². The molecule has 1 saturated heterocycles. The molecular formula is C19H20N6O3. The molecule has 1 aliphatic heterocycles. The lowest BCUT2D eigenvalue weighted by atomic mass is 10.1. The number of anilines is 1. The fourth-order valence-corrected chi connectivity index (χ4v) is 3.09. The van der Waals surface area contributed by atoms with Crippen LogP contribution in [0.5, 0.6) is 11.6 Å². The highest BCUT2D eigenvalue weighted by atomic mass is 16.6. The van der Waals surface area contributed by atoms with Crippen molar-refractivity contribution in [2.24, 2.45) is 0 Å². The summed E-state index contributed by atoms with van der Waals surface area (Å²) >= 11 is 0. The lowest BCUT2D eigenvalue weighted by molar-refractivity contribution is -0.385. The predicted molar refractivity (Wildman–Crippen MR) is 105 cm³/mol. The Bertz CT molecular complexity index is 1000. The highest BCUT2D eigenvalue weighted by Gasteiger charge is 2.27. The minimum absolute atomic E-state index is 0.0908. The molecule has 0 unspecified atom stereocenters. The predicted octanol–water partition coefficient (Wildman–Crippen LogP) is 2.90. The molecular weight excluding hydrogens is 360 g/mol. The second kappa shape index (κ2) is 7.75. The third kappa shape index (κ3) is 3.85. The van der Waals surface area contributed by atoms with Crippen LogP contribution in [0.2, 0.25) is 0 Å². The third-order valence-electron chi connectivity index (χ3n) is 4.67. The van der Waals surface area contributed by atoms with Gasteiger partial charge in [0.05, 0.1) is 4.92 Å². The molecule has 2 aromatic carbocycles. The normalized spacial score (nSPS) is 15.5. The molecule has 1 aliphatic rings. The van der Waals surface area contributed by atoms with E-state index < -0.39 is 4.92 Å². The van der Waals surface area contributed by atoms with E-state index in [4.69, 9.17) is 4.74 Å². The van der Waals surface area contributed by atoms with E-state index in [2.05, 4.69) is 20.3 Å². The molecule has 0 atom stereocenters. The third-order valence-corrected chi connectivity index (χ3v) is 4.67. The van der Waals surface area contributed by atoms with Gasteiger partial charge in [-0.05, 0) is 30.0 Å². The summed E-state index contributed by atoms with van der Waals surface area (Å²) < 4.78 is 5.77. The monoisotopic (exact) mass is 380 g/mol. The van der Waals surface area contributed by atoms with E-state index in [0.717, 1.165) is 37.0 Å². The molecule has 1 aromatic heterocycles. The summed E-state index contributed by atoms with van der Waals surface area (Å²) in [7, 11) is 2.04. The van der Waals surface area contributed by atoms with Crippen LogP contribution >= 0.6 is 0 Å². The van der Waals surface area contributed by atoms with Gasteiger partial charge >= 0.3 is 11.6 Å². The average molecular weight is 380 g/mol. The molecule has 0 aliphatic carbocycles. The van der Waals surface area contributed by atoms with Gasteiger partial charge < -0.3 is 9.64 Å². The Morgan fingerprint density at radius 2 is 1.82 bits per heavy atom. The van der Waals surface area contributed by atoms with Crippen molar-refractivity contribution in [1.29, 1.82) is 0 Å². The minimum atomic E-state index is -0.519. The highest BCUT2D eigenvalue weighted by Crippen LogP contribution is 2.35. The first-order valence-corrected chi connectivity index (χ1v) is 8.96. The first kappa shape index (κ1) is 18.1. The van der Waals surface area contributed by atoms with Crippen molar-refractivity contribution in [3.63, 3.8) is 0 Å². The number of rotatable bonds is 5. The Hall–Kier alpha value is -3.30. The average Bonchev–Trinajstić information content (AvgIpc) is 2.69. The smallest absolute Gasteiger partial charge is 0.374 e. The maximum absolute atomic E-state index is 11.7. The van der Waals surface area contributed by atoms with Gasteiger partial charge in [0.15, 0.2) is 0 Å². The topological polar surface area (TPSA) is 96.7 Å². The number of nitrogens with zero attached hydrogens (tertiary/aromatic N) is 5. The van der Waals surface area contributed by atoms with Crippen LogP contribution in [0.15, 0.2) is 48.8 Å². The number of benzene rings is 2. The van der Waals surface area contributed by atoms with Gasteiger partial charge in [-0.25, -0.2) is 9.99 Å². The number of nitro groups is 1. The number of aromatic nitrogens is 2. The van der Waals surface area contributed by atoms with Crippen LogP contribution in [-0.4, -0.2) is 58.0 Å². The van der Waals surface area contributed by atoms with Crippen molar-refractivity contribution in [3.05, 3.63) is 58.9 Å². The highest BCUT2D eigenvalue weighted by molar-refractivity contribution is 5.83. The number of ether oxygens (including phenoxy) is 1. The molecule has 9 nitrogen and oxygen atoms in total. The van der Waals surface area contributed by atoms with E-state index in [-0.39, 0.29) is 17.4 Å². The fourth-order valence-electron chi connectivity index (χ4n) is 3.09. The standard InChI is InChI=1S/C19H20N6O3/c1-23-8-10-24(11-9-23)22-18-17(25(26)27)19(21-13-20-18)28-16-7-6-14-4-2-3-5-15(14)12-16/h2-7,12-13H,8-11H2,1H3,(H,20,21,22). The molecule has 1 N–H and O–H groups in total. The molecule has 2 heterocycles. The maximum Gasteiger partial charge on any atom is 0.374 e. The van der Waals surface area contributed by atoms with Crippen molar-refractivity contribution >= 4 is 22.3 Å². The van der Waals surface area contributed by atoms with Gasteiger partial charge in [-0.2, -0.15) is 4.98 Å². The van der Waals surface area contributed by atoms with Crippen LogP contribution in [0.4, 0.5) is 11.5 Å². The first-order chi connectivity index (χ1) is 13.6. The second-order valence-electron chi connectivity index (χ2n) is 6.65. The molecule has 0 bridgehead atoms. The summed E-state index contributed by atoms with van der Waals surface area (Å²) in [6, 6.07) is 13.3. The molecule has 3 aromatic rings. The molecule has 9 heteroatoms. The molecule has 144 valence electrons. The van der Waals surface area contributed by atoms with Gasteiger partial charge in [0, 0.05) is 26.2 Å². The zero-order valence-electron chi connectivity index (χ0n) is 15.4. The maximum atomic E-state index is 11.7. The summed E-state index contributed by atoms with van der Waals surface area (Å²) in [6.07, 6.45) is 1.27. The number of hydrogen-bond acceptors (Lipinski definition) is 8. The Balaban J connectivity index is 1.61. The van der Waals surface area contributed by atoms with E-state index in [1.165, 1.54) is 6.33 Å². The number of hydrogen-bond donors (Lipinski definition) is 1. The lowest BCUT2D eigenvalue weighted by Crippen LogP contribution is -2.47. The van der Waals surface area contributed by atoms with Crippen molar-refractivity contribution < 1.29 is 9.66 Å². The van der Waals surface area contributed by atoms with Crippen molar-refractivity contribution in [3.8, 4) is 11.6 Å². The fraction of sp³-hybridized carbons (Fsp3) is 0.263. The Morgan fingerprint density at radius 1 is 1.07 bits per heavy atom. The molecule has 0 saturated carbocycles. The number of nitrogens with one attached hydrogen (secondary N) is 1. The van der Waals surface area contributed by atoms with Crippen LogP contribution < -0.4 is 10.2 Å². The van der Waals surface area contributed by atoms with Gasteiger partial charge in [0.1, 0.15) is 12.1 Å². The molecule has 0 amide bonds. The van der Waals surface area contributed by atoms with Gasteiger partial charge in [-0.15, -0.1) is 0 Å². The molecule has 0 radical (unpaired) electrons. The summed E-state index contributed by atoms with van der Waals surface area (Å²) in [6.45, 7) is 3.20. The Kier molecular flexibility index (Phi) is 5.00. The van der Waals surface area contributed by atoms with Crippen molar-refractivity contribution in [1.82, 2.24) is 19.9 Å². The second-order valence-corrected chi connectivity index (χ2v) is 6.65. The van der Waals surface area contributed by atoms with E-state index in [0.29, 0.717) is 5.75 Å². The minimum Gasteiger partial charge on any atom is -0.434 e. The van der Waals surface area contributed by atoms with E-state index in [1.54, 1.807) is 6.07 Å². The van der Waals surface area contributed by atoms with E-state index in [9.17, 15) is 10.1 Å². The van der Waals surface area contributed by atoms with Crippen LogP contribution in [0.25, 0.3) is 10.8 Å². The SMILES string of the molecule is CN1CCN(Nc2ncnc(Oc3ccc4ccccc4c3)c2[N+](=O)[O-])CC1. The van der Waals surface area contributed by atoms with Gasteiger partial charge in [0.25, 0.3) is 0 Å². The number of piperazine rings is 1. The lowest BCUT2D eigenvalue weighted by Gasteiger charge is -2.32. The Morgan fingerprint density at radius 3 is 2.57 bits per heavy atom. The number of fused-ring (bicyclic) bond motifs is 1. The zero-order chi connectivity index (χ0) is 19.5. The van der Waals surface area contributed by atoms with Gasteiger partial charge in [-0.3, -0.25) is 15.5 Å². The largest absolute Gasteiger partial charge is 0.434 e. The van der Waals surface area contributed by atoms with Crippen LogP contribution in [-0.2, 0) is 0 Å². The quantitative estimate of drug-likeness (QED) is 0.533. The molecule has 28 heavy (non-hydrogen) atoms. The van der Waals surface area contributed by atoms with Crippen molar-refractivity contribution in [2.45, 2.75) is 0 Å². The number of hydrazine groups is 1. The number of likely N-dealkylation sites (N-methyl/N-ethyl adjacent to an activating group) is 1. The van der Waals surface area contributed by atoms with E-state index in [1.807, 2.05) is 48.5 Å². The first-order valence-electron chi connectivity index (χ1n) is 8.96. The summed E-state index contributed by atoms with van der Waals surface area (Å²) in [5.41, 5.74) is 2.76. The Labute approximate surface area is 161 Å². The summed E-state index contributed by atoms with van der Waals surface area (Å²) in [5.74, 6) is 0.512. The van der Waals surface area contributed by atoms with Crippen LogP contribution in [0.1, 0.15) is 0 Å².